The number of nitrogens with zero attached hydrogens (tertiary/aromatic N) is 2. The summed E-state index contributed by atoms with van der Waals surface area (Å²) >= 11 is 1.58. The van der Waals surface area contributed by atoms with Crippen LogP contribution in [0, 0.1) is 6.92 Å². The number of nitrogens with one attached hydrogen (secondary N) is 1. The molecule has 2 aromatic rings. The lowest BCUT2D eigenvalue weighted by Crippen LogP contribution is -2.10. The second-order valence-electron chi connectivity index (χ2n) is 3.98. The Morgan fingerprint density at radius 3 is 2.67 bits per heavy atom. The molecule has 0 aromatic carbocycles. The van der Waals surface area contributed by atoms with Gasteiger partial charge in [0.25, 0.3) is 0 Å². The molecule has 96 valence electrons. The Labute approximate surface area is 111 Å². The van der Waals surface area contributed by atoms with Crippen LogP contribution in [0.25, 0.3) is 0 Å². The van der Waals surface area contributed by atoms with E-state index in [9.17, 15) is 0 Å². The van der Waals surface area contributed by atoms with Crippen LogP contribution in [-0.4, -0.2) is 16.5 Å². The highest BCUT2D eigenvalue weighted by atomic mass is 32.2. The molecule has 0 unspecified atom stereocenters. The lowest BCUT2D eigenvalue weighted by Gasteiger charge is -1.99. The first-order valence-electron chi connectivity index (χ1n) is 5.97. The summed E-state index contributed by atoms with van der Waals surface area (Å²) in [5.41, 5.74) is 1.07. The molecule has 0 aliphatic heterocycles. The summed E-state index contributed by atoms with van der Waals surface area (Å²) in [5, 5.41) is 4.02. The van der Waals surface area contributed by atoms with E-state index >= 15 is 0 Å². The fourth-order valence-electron chi connectivity index (χ4n) is 1.43. The minimum absolute atomic E-state index is 0.759. The Bertz CT molecular complexity index is 481. The standard InChI is InChI=1S/C13H17N3OS/c1-3-14-8-11-4-5-12(17-11)9-18-13-15-6-10(2)7-16-13/h4-7,14H,3,8-9H2,1-2H3. The van der Waals surface area contributed by atoms with Crippen LogP contribution in [0.15, 0.2) is 34.1 Å². The molecular formula is C13H17N3OS. The van der Waals surface area contributed by atoms with Crippen LogP contribution in [-0.2, 0) is 12.3 Å². The first kappa shape index (κ1) is 13.1. The predicted octanol–water partition coefficient (Wildman–Crippen LogP) is 2.78. The van der Waals surface area contributed by atoms with Gasteiger partial charge in [-0.3, -0.25) is 0 Å². The topological polar surface area (TPSA) is 51.0 Å². The van der Waals surface area contributed by atoms with Crippen molar-refractivity contribution in [1.82, 2.24) is 15.3 Å². The maximum absolute atomic E-state index is 5.69. The molecule has 0 atom stereocenters. The third-order valence-electron chi connectivity index (χ3n) is 2.37. The Morgan fingerprint density at radius 2 is 1.94 bits per heavy atom. The van der Waals surface area contributed by atoms with E-state index < -0.39 is 0 Å². The van der Waals surface area contributed by atoms with Crippen molar-refractivity contribution in [2.45, 2.75) is 31.3 Å². The van der Waals surface area contributed by atoms with E-state index in [4.69, 9.17) is 4.42 Å². The second kappa shape index (κ2) is 6.56. The van der Waals surface area contributed by atoms with Gasteiger partial charge in [-0.15, -0.1) is 0 Å². The Hall–Kier alpha value is -1.33. The van der Waals surface area contributed by atoms with Crippen molar-refractivity contribution in [3.8, 4) is 0 Å². The van der Waals surface area contributed by atoms with E-state index in [-0.39, 0.29) is 0 Å². The molecule has 0 saturated heterocycles. The first-order chi connectivity index (χ1) is 8.78. The number of rotatable bonds is 6. The van der Waals surface area contributed by atoms with Crippen LogP contribution in [0.4, 0.5) is 0 Å². The molecule has 0 aliphatic rings. The zero-order valence-corrected chi connectivity index (χ0v) is 11.5. The molecule has 4 nitrogen and oxygen atoms in total. The number of hydrogen-bond acceptors (Lipinski definition) is 5. The fraction of sp³-hybridized carbons (Fsp3) is 0.385. The van der Waals surface area contributed by atoms with Crippen LogP contribution >= 0.6 is 11.8 Å². The molecule has 1 N–H and O–H groups in total. The molecule has 0 bridgehead atoms. The smallest absolute Gasteiger partial charge is 0.187 e. The third kappa shape index (κ3) is 3.85. The minimum atomic E-state index is 0.759. The average molecular weight is 263 g/mol. The Morgan fingerprint density at radius 1 is 1.22 bits per heavy atom. The third-order valence-corrected chi connectivity index (χ3v) is 3.27. The highest BCUT2D eigenvalue weighted by Crippen LogP contribution is 2.20. The van der Waals surface area contributed by atoms with Crippen molar-refractivity contribution >= 4 is 11.8 Å². The summed E-state index contributed by atoms with van der Waals surface area (Å²) in [7, 11) is 0. The van der Waals surface area contributed by atoms with Gasteiger partial charge in [-0.1, -0.05) is 18.7 Å². The molecule has 18 heavy (non-hydrogen) atoms. The van der Waals surface area contributed by atoms with E-state index in [2.05, 4.69) is 22.2 Å². The molecule has 5 heteroatoms. The lowest BCUT2D eigenvalue weighted by atomic mass is 10.4. The molecule has 0 fully saturated rings. The first-order valence-corrected chi connectivity index (χ1v) is 6.96. The number of furan rings is 1. The lowest BCUT2D eigenvalue weighted by molar-refractivity contribution is 0.462. The Balaban J connectivity index is 1.86. The van der Waals surface area contributed by atoms with E-state index in [1.54, 1.807) is 11.8 Å². The van der Waals surface area contributed by atoms with Crippen molar-refractivity contribution in [3.05, 3.63) is 41.6 Å². The maximum atomic E-state index is 5.69. The van der Waals surface area contributed by atoms with Crippen LogP contribution in [0.2, 0.25) is 0 Å². The normalized spacial score (nSPS) is 10.8. The van der Waals surface area contributed by atoms with Gasteiger partial charge in [0.1, 0.15) is 11.5 Å². The summed E-state index contributed by atoms with van der Waals surface area (Å²) in [6, 6.07) is 4.02. The van der Waals surface area contributed by atoms with E-state index in [1.807, 2.05) is 31.5 Å². The summed E-state index contributed by atoms with van der Waals surface area (Å²) in [4.78, 5) is 8.50. The van der Waals surface area contributed by atoms with Gasteiger partial charge in [0.15, 0.2) is 5.16 Å². The van der Waals surface area contributed by atoms with Gasteiger partial charge in [0.2, 0.25) is 0 Å². The summed E-state index contributed by atoms with van der Waals surface area (Å²) in [5.74, 6) is 2.68. The number of aromatic nitrogens is 2. The number of hydrogen-bond donors (Lipinski definition) is 1. The zero-order valence-electron chi connectivity index (χ0n) is 10.6. The summed E-state index contributed by atoms with van der Waals surface area (Å²) < 4.78 is 5.69. The van der Waals surface area contributed by atoms with Crippen LogP contribution in [0.1, 0.15) is 24.0 Å². The van der Waals surface area contributed by atoms with Gasteiger partial charge in [-0.05, 0) is 31.2 Å². The van der Waals surface area contributed by atoms with Crippen molar-refractivity contribution in [3.63, 3.8) is 0 Å². The van der Waals surface area contributed by atoms with Crippen molar-refractivity contribution in [1.29, 1.82) is 0 Å². The van der Waals surface area contributed by atoms with Crippen molar-refractivity contribution < 1.29 is 4.42 Å². The fourth-order valence-corrected chi connectivity index (χ4v) is 2.12. The molecule has 0 saturated carbocycles. The van der Waals surface area contributed by atoms with Crippen molar-refractivity contribution in [2.75, 3.05) is 6.54 Å². The molecule has 2 aromatic heterocycles. The van der Waals surface area contributed by atoms with Gasteiger partial charge in [-0.2, -0.15) is 0 Å². The van der Waals surface area contributed by atoms with E-state index in [0.717, 1.165) is 41.1 Å². The molecule has 2 rings (SSSR count). The predicted molar refractivity (Wildman–Crippen MR) is 72.4 cm³/mol. The van der Waals surface area contributed by atoms with Gasteiger partial charge < -0.3 is 9.73 Å². The molecule has 0 radical (unpaired) electrons. The zero-order chi connectivity index (χ0) is 12.8. The van der Waals surface area contributed by atoms with E-state index in [0.29, 0.717) is 0 Å². The van der Waals surface area contributed by atoms with Crippen molar-refractivity contribution in [2.24, 2.45) is 0 Å². The molecular weight excluding hydrogens is 246 g/mol. The largest absolute Gasteiger partial charge is 0.464 e. The van der Waals surface area contributed by atoms with Gasteiger partial charge in [0.05, 0.1) is 12.3 Å². The van der Waals surface area contributed by atoms with Crippen LogP contribution in [0.3, 0.4) is 0 Å². The van der Waals surface area contributed by atoms with E-state index in [1.165, 1.54) is 0 Å². The van der Waals surface area contributed by atoms with Crippen LogP contribution in [0.5, 0.6) is 0 Å². The molecule has 0 aliphatic carbocycles. The molecule has 2 heterocycles. The highest BCUT2D eigenvalue weighted by molar-refractivity contribution is 7.98. The summed E-state index contributed by atoms with van der Waals surface area (Å²) in [6.07, 6.45) is 3.65. The van der Waals surface area contributed by atoms with Gasteiger partial charge in [0, 0.05) is 12.4 Å². The second-order valence-corrected chi connectivity index (χ2v) is 4.92. The van der Waals surface area contributed by atoms with Crippen LogP contribution < -0.4 is 5.32 Å². The maximum Gasteiger partial charge on any atom is 0.187 e. The molecule has 0 spiro atoms. The van der Waals surface area contributed by atoms with Gasteiger partial charge >= 0.3 is 0 Å². The average Bonchev–Trinajstić information content (AvgIpc) is 2.84. The quantitative estimate of drug-likeness (QED) is 0.641. The highest BCUT2D eigenvalue weighted by Gasteiger charge is 2.04. The number of thioether (sulfide) groups is 1. The number of aryl methyl sites for hydroxylation is 1. The monoisotopic (exact) mass is 263 g/mol. The molecule has 0 amide bonds. The Kier molecular flexibility index (Phi) is 4.78. The summed E-state index contributed by atoms with van der Waals surface area (Å²) in [6.45, 7) is 5.78. The van der Waals surface area contributed by atoms with Gasteiger partial charge in [-0.25, -0.2) is 9.97 Å². The minimum Gasteiger partial charge on any atom is -0.464 e. The SMILES string of the molecule is CCNCc1ccc(CSc2ncc(C)cn2)o1.